The van der Waals surface area contributed by atoms with Gasteiger partial charge in [-0.25, -0.2) is 4.79 Å². The average Bonchev–Trinajstić information content (AvgIpc) is 2.58. The Balaban J connectivity index is 2.41. The third-order valence-electron chi connectivity index (χ3n) is 1.85. The van der Waals surface area contributed by atoms with Gasteiger partial charge in [0.15, 0.2) is 0 Å². The smallest absolute Gasteiger partial charge is 0.407 e. The van der Waals surface area contributed by atoms with Crippen LogP contribution < -0.4 is 11.1 Å². The zero-order valence-corrected chi connectivity index (χ0v) is 12.5. The third kappa shape index (κ3) is 5.06. The van der Waals surface area contributed by atoms with Gasteiger partial charge in [0, 0.05) is 15.9 Å². The highest BCUT2D eigenvalue weighted by Crippen LogP contribution is 2.27. The van der Waals surface area contributed by atoms with E-state index in [4.69, 9.17) is 10.5 Å². The van der Waals surface area contributed by atoms with Crippen molar-refractivity contribution in [3.8, 4) is 0 Å². The predicted octanol–water partition coefficient (Wildman–Crippen LogP) is 3.04. The number of hydrogen-bond acceptors (Lipinski definition) is 4. The Morgan fingerprint density at radius 1 is 1.65 bits per heavy atom. The number of nitrogens with two attached hydrogens (primary N) is 1. The minimum Gasteiger partial charge on any atom is -0.444 e. The van der Waals surface area contributed by atoms with Crippen molar-refractivity contribution >= 4 is 33.4 Å². The molecule has 0 saturated carbocycles. The van der Waals surface area contributed by atoms with Crippen LogP contribution in [0, 0.1) is 0 Å². The van der Waals surface area contributed by atoms with Gasteiger partial charge in [0.1, 0.15) is 5.60 Å². The molecule has 1 heterocycles. The molecule has 0 saturated heterocycles. The number of carbonyl (C=O) groups is 1. The topological polar surface area (TPSA) is 64.3 Å². The van der Waals surface area contributed by atoms with E-state index in [0.29, 0.717) is 6.54 Å². The highest BCUT2D eigenvalue weighted by atomic mass is 79.9. The molecule has 0 fully saturated rings. The molecule has 0 aliphatic heterocycles. The summed E-state index contributed by atoms with van der Waals surface area (Å²) in [5.74, 6) is 0. The molecule has 1 rings (SSSR count). The number of nitrogens with one attached hydrogen (secondary N) is 1. The highest BCUT2D eigenvalue weighted by Gasteiger charge is 2.17. The lowest BCUT2D eigenvalue weighted by atomic mass is 10.2. The molecule has 0 aliphatic rings. The van der Waals surface area contributed by atoms with E-state index in [0.717, 1.165) is 9.35 Å². The van der Waals surface area contributed by atoms with Gasteiger partial charge in [-0.05, 0) is 48.1 Å². The molecule has 6 heteroatoms. The Morgan fingerprint density at radius 2 is 2.29 bits per heavy atom. The molecule has 17 heavy (non-hydrogen) atoms. The second kappa shape index (κ2) is 5.84. The lowest BCUT2D eigenvalue weighted by Crippen LogP contribution is -2.36. The maximum atomic E-state index is 11.4. The summed E-state index contributed by atoms with van der Waals surface area (Å²) in [6, 6.07) is 1.71. The van der Waals surface area contributed by atoms with Gasteiger partial charge in [0.05, 0.1) is 6.04 Å². The van der Waals surface area contributed by atoms with Crippen LogP contribution in [-0.4, -0.2) is 18.2 Å². The lowest BCUT2D eigenvalue weighted by Gasteiger charge is -2.20. The third-order valence-corrected chi connectivity index (χ3v) is 3.85. The summed E-state index contributed by atoms with van der Waals surface area (Å²) in [7, 11) is 0. The molecule has 0 spiro atoms. The molecule has 1 atom stereocenters. The monoisotopic (exact) mass is 320 g/mol. The minimum absolute atomic E-state index is 0.225. The summed E-state index contributed by atoms with van der Waals surface area (Å²) in [4.78, 5) is 12.4. The first-order valence-electron chi connectivity index (χ1n) is 5.25. The first-order chi connectivity index (χ1) is 7.79. The van der Waals surface area contributed by atoms with E-state index >= 15 is 0 Å². The fourth-order valence-electron chi connectivity index (χ4n) is 1.17. The molecule has 0 aromatic carbocycles. The first kappa shape index (κ1) is 14.5. The minimum atomic E-state index is -0.488. The normalized spacial score (nSPS) is 13.2. The largest absolute Gasteiger partial charge is 0.444 e. The van der Waals surface area contributed by atoms with Crippen LogP contribution in [0.3, 0.4) is 0 Å². The summed E-state index contributed by atoms with van der Waals surface area (Å²) >= 11 is 4.97. The molecule has 0 aliphatic carbocycles. The fourth-order valence-corrected chi connectivity index (χ4v) is 2.84. The van der Waals surface area contributed by atoms with Gasteiger partial charge in [-0.15, -0.1) is 11.3 Å². The average molecular weight is 321 g/mol. The molecule has 1 aromatic heterocycles. The quantitative estimate of drug-likeness (QED) is 0.899. The van der Waals surface area contributed by atoms with Gasteiger partial charge in [-0.2, -0.15) is 0 Å². The highest BCUT2D eigenvalue weighted by molar-refractivity contribution is 9.10. The molecule has 1 amide bonds. The lowest BCUT2D eigenvalue weighted by molar-refractivity contribution is 0.0524. The predicted molar refractivity (Wildman–Crippen MR) is 73.2 cm³/mol. The van der Waals surface area contributed by atoms with Crippen LogP contribution in [0.25, 0.3) is 0 Å². The Bertz CT molecular complexity index is 387. The van der Waals surface area contributed by atoms with Crippen molar-refractivity contribution in [2.24, 2.45) is 5.73 Å². The Labute approximate surface area is 114 Å². The number of hydrogen-bond donors (Lipinski definition) is 2. The number of ether oxygens (including phenoxy) is 1. The number of thiophene rings is 1. The van der Waals surface area contributed by atoms with Gasteiger partial charge < -0.3 is 15.8 Å². The van der Waals surface area contributed by atoms with E-state index < -0.39 is 11.7 Å². The van der Waals surface area contributed by atoms with Crippen molar-refractivity contribution in [3.63, 3.8) is 0 Å². The van der Waals surface area contributed by atoms with Crippen molar-refractivity contribution in [2.45, 2.75) is 32.4 Å². The van der Waals surface area contributed by atoms with Gasteiger partial charge >= 0.3 is 6.09 Å². The van der Waals surface area contributed by atoms with Crippen LogP contribution in [0.4, 0.5) is 4.79 Å². The summed E-state index contributed by atoms with van der Waals surface area (Å²) in [5.41, 5.74) is 5.47. The van der Waals surface area contributed by atoms with Gasteiger partial charge in [0.25, 0.3) is 0 Å². The van der Waals surface area contributed by atoms with Crippen LogP contribution in [0.2, 0.25) is 0 Å². The maximum Gasteiger partial charge on any atom is 0.407 e. The molecular formula is C11H17BrN2O2S. The summed E-state index contributed by atoms with van der Waals surface area (Å²) in [5, 5.41) is 4.61. The molecular weight excluding hydrogens is 304 g/mol. The number of amides is 1. The summed E-state index contributed by atoms with van der Waals surface area (Å²) in [6.45, 7) is 5.82. The maximum absolute atomic E-state index is 11.4. The van der Waals surface area contributed by atoms with E-state index in [1.165, 1.54) is 0 Å². The molecule has 0 radical (unpaired) electrons. The molecule has 96 valence electrons. The molecule has 0 bridgehead atoms. The standard InChI is InChI=1S/C11H17BrN2O2S/c1-11(2,3)16-10(15)14-6-8(13)9-7(12)4-5-17-9/h4-5,8H,6,13H2,1-3H3,(H,14,15). The second-order valence-electron chi connectivity index (χ2n) is 4.62. The van der Waals surface area contributed by atoms with E-state index in [1.807, 2.05) is 32.2 Å². The van der Waals surface area contributed by atoms with Gasteiger partial charge in [-0.1, -0.05) is 0 Å². The van der Waals surface area contributed by atoms with Crippen molar-refractivity contribution in [1.29, 1.82) is 0 Å². The van der Waals surface area contributed by atoms with Gasteiger partial charge in [-0.3, -0.25) is 0 Å². The Kier molecular flexibility index (Phi) is 4.97. The van der Waals surface area contributed by atoms with E-state index in [9.17, 15) is 4.79 Å². The first-order valence-corrected chi connectivity index (χ1v) is 6.92. The van der Waals surface area contributed by atoms with E-state index in [1.54, 1.807) is 11.3 Å². The van der Waals surface area contributed by atoms with Crippen LogP contribution in [0.15, 0.2) is 15.9 Å². The number of alkyl carbamates (subject to hydrolysis) is 1. The van der Waals surface area contributed by atoms with Crippen molar-refractivity contribution in [3.05, 3.63) is 20.8 Å². The number of halogens is 1. The molecule has 1 aromatic rings. The zero-order chi connectivity index (χ0) is 13.1. The van der Waals surface area contributed by atoms with Crippen molar-refractivity contribution in [1.82, 2.24) is 5.32 Å². The van der Waals surface area contributed by atoms with Crippen LogP contribution >= 0.6 is 27.3 Å². The number of rotatable bonds is 3. The summed E-state index contributed by atoms with van der Waals surface area (Å²) in [6.07, 6.45) is -0.444. The van der Waals surface area contributed by atoms with Gasteiger partial charge in [0.2, 0.25) is 0 Å². The van der Waals surface area contributed by atoms with Crippen LogP contribution in [0.1, 0.15) is 31.7 Å². The van der Waals surface area contributed by atoms with E-state index in [-0.39, 0.29) is 6.04 Å². The molecule has 4 nitrogen and oxygen atoms in total. The zero-order valence-electron chi connectivity index (χ0n) is 10.1. The second-order valence-corrected chi connectivity index (χ2v) is 6.42. The summed E-state index contributed by atoms with van der Waals surface area (Å²) < 4.78 is 6.09. The van der Waals surface area contributed by atoms with Crippen LogP contribution in [0.5, 0.6) is 0 Å². The Hall–Kier alpha value is -0.590. The SMILES string of the molecule is CC(C)(C)OC(=O)NCC(N)c1sccc1Br. The fraction of sp³-hybridized carbons (Fsp3) is 0.545. The number of carbonyl (C=O) groups excluding carboxylic acids is 1. The van der Waals surface area contributed by atoms with Crippen molar-refractivity contribution in [2.75, 3.05) is 6.54 Å². The molecule has 3 N–H and O–H groups in total. The molecule has 1 unspecified atom stereocenters. The van der Waals surface area contributed by atoms with E-state index in [2.05, 4.69) is 21.2 Å². The van der Waals surface area contributed by atoms with Crippen molar-refractivity contribution < 1.29 is 9.53 Å². The van der Waals surface area contributed by atoms with Crippen LogP contribution in [-0.2, 0) is 4.74 Å². The Morgan fingerprint density at radius 3 is 2.76 bits per heavy atom.